The van der Waals surface area contributed by atoms with Crippen LogP contribution in [0.5, 0.6) is 0 Å². The molecule has 0 aliphatic carbocycles. The average Bonchev–Trinajstić information content (AvgIpc) is 2.69. The molecule has 90 valence electrons. The van der Waals surface area contributed by atoms with E-state index < -0.39 is 0 Å². The summed E-state index contributed by atoms with van der Waals surface area (Å²) in [6.07, 6.45) is 6.09. The molecule has 2 amide bonds. The SMILES string of the molecule is O=C1N2CCCCC2CN1C1CCCNC1. The van der Waals surface area contributed by atoms with Crippen LogP contribution in [0.4, 0.5) is 4.79 Å². The molecule has 2 atom stereocenters. The molecule has 0 bridgehead atoms. The van der Waals surface area contributed by atoms with Crippen molar-refractivity contribution in [2.45, 2.75) is 44.2 Å². The van der Waals surface area contributed by atoms with Crippen LogP contribution in [0.2, 0.25) is 0 Å². The molecule has 4 nitrogen and oxygen atoms in total. The predicted octanol–water partition coefficient (Wildman–Crippen LogP) is 1.03. The average molecular weight is 223 g/mol. The highest BCUT2D eigenvalue weighted by Gasteiger charge is 2.41. The Bertz CT molecular complexity index is 275. The normalized spacial score (nSPS) is 35.4. The zero-order valence-corrected chi connectivity index (χ0v) is 9.82. The molecule has 3 saturated heterocycles. The number of hydrogen-bond donors (Lipinski definition) is 1. The zero-order chi connectivity index (χ0) is 11.0. The van der Waals surface area contributed by atoms with Crippen LogP contribution in [0.3, 0.4) is 0 Å². The molecule has 1 N–H and O–H groups in total. The molecular formula is C12H21N3O. The highest BCUT2D eigenvalue weighted by Crippen LogP contribution is 2.28. The monoisotopic (exact) mass is 223 g/mol. The van der Waals surface area contributed by atoms with Crippen LogP contribution < -0.4 is 5.32 Å². The van der Waals surface area contributed by atoms with Crippen LogP contribution in [0.25, 0.3) is 0 Å². The maximum atomic E-state index is 12.3. The van der Waals surface area contributed by atoms with E-state index in [0.717, 1.165) is 26.2 Å². The maximum absolute atomic E-state index is 12.3. The fourth-order valence-corrected chi connectivity index (χ4v) is 3.32. The van der Waals surface area contributed by atoms with Gasteiger partial charge in [-0.15, -0.1) is 0 Å². The van der Waals surface area contributed by atoms with Crippen molar-refractivity contribution in [3.8, 4) is 0 Å². The first-order chi connectivity index (χ1) is 7.86. The topological polar surface area (TPSA) is 35.6 Å². The van der Waals surface area contributed by atoms with Gasteiger partial charge in [0.25, 0.3) is 0 Å². The number of carbonyl (C=O) groups excluding carboxylic acids is 1. The third-order valence-electron chi connectivity index (χ3n) is 4.24. The number of fused-ring (bicyclic) bond motifs is 1. The summed E-state index contributed by atoms with van der Waals surface area (Å²) in [6.45, 7) is 4.07. The van der Waals surface area contributed by atoms with Crippen LogP contribution >= 0.6 is 0 Å². The second kappa shape index (κ2) is 4.24. The minimum Gasteiger partial charge on any atom is -0.320 e. The third-order valence-corrected chi connectivity index (χ3v) is 4.24. The van der Waals surface area contributed by atoms with E-state index in [0.29, 0.717) is 18.1 Å². The molecule has 3 heterocycles. The van der Waals surface area contributed by atoms with Gasteiger partial charge in [-0.2, -0.15) is 0 Å². The Morgan fingerprint density at radius 3 is 2.69 bits per heavy atom. The van der Waals surface area contributed by atoms with E-state index in [2.05, 4.69) is 15.1 Å². The van der Waals surface area contributed by atoms with Crippen molar-refractivity contribution in [3.05, 3.63) is 0 Å². The quantitative estimate of drug-likeness (QED) is 0.720. The summed E-state index contributed by atoms with van der Waals surface area (Å²) in [5.74, 6) is 0. The van der Waals surface area contributed by atoms with Crippen molar-refractivity contribution in [3.63, 3.8) is 0 Å². The molecule has 3 aliphatic rings. The van der Waals surface area contributed by atoms with E-state index in [9.17, 15) is 4.79 Å². The minimum absolute atomic E-state index is 0.304. The zero-order valence-electron chi connectivity index (χ0n) is 9.82. The van der Waals surface area contributed by atoms with E-state index in [1.807, 2.05) is 0 Å². The first kappa shape index (κ1) is 10.4. The molecule has 0 aromatic heterocycles. The summed E-state index contributed by atoms with van der Waals surface area (Å²) in [5, 5.41) is 3.40. The van der Waals surface area contributed by atoms with Crippen molar-refractivity contribution >= 4 is 6.03 Å². The Hall–Kier alpha value is -0.770. The van der Waals surface area contributed by atoms with E-state index in [1.165, 1.54) is 32.1 Å². The lowest BCUT2D eigenvalue weighted by molar-refractivity contribution is 0.161. The van der Waals surface area contributed by atoms with Crippen molar-refractivity contribution in [1.29, 1.82) is 0 Å². The molecule has 3 aliphatic heterocycles. The predicted molar refractivity (Wildman–Crippen MR) is 62.3 cm³/mol. The summed E-state index contributed by atoms with van der Waals surface area (Å²) in [6, 6.07) is 1.27. The Kier molecular flexibility index (Phi) is 2.75. The summed E-state index contributed by atoms with van der Waals surface area (Å²) in [7, 11) is 0. The highest BCUT2D eigenvalue weighted by atomic mass is 16.2. The minimum atomic E-state index is 0.304. The highest BCUT2D eigenvalue weighted by molar-refractivity contribution is 5.77. The third kappa shape index (κ3) is 1.69. The lowest BCUT2D eigenvalue weighted by atomic mass is 10.0. The van der Waals surface area contributed by atoms with Gasteiger partial charge in [0.2, 0.25) is 0 Å². The number of nitrogens with one attached hydrogen (secondary N) is 1. The van der Waals surface area contributed by atoms with Crippen molar-refractivity contribution < 1.29 is 4.79 Å². The van der Waals surface area contributed by atoms with Gasteiger partial charge in [-0.3, -0.25) is 0 Å². The van der Waals surface area contributed by atoms with Crippen LogP contribution in [-0.4, -0.2) is 54.1 Å². The van der Waals surface area contributed by atoms with Crippen molar-refractivity contribution in [1.82, 2.24) is 15.1 Å². The maximum Gasteiger partial charge on any atom is 0.320 e. The molecule has 2 unspecified atom stereocenters. The molecule has 4 heteroatoms. The van der Waals surface area contributed by atoms with E-state index in [4.69, 9.17) is 0 Å². The number of urea groups is 1. The van der Waals surface area contributed by atoms with Crippen LogP contribution in [-0.2, 0) is 0 Å². The molecule has 0 radical (unpaired) electrons. The van der Waals surface area contributed by atoms with Crippen LogP contribution in [0.1, 0.15) is 32.1 Å². The van der Waals surface area contributed by atoms with Gasteiger partial charge < -0.3 is 15.1 Å². The summed E-state index contributed by atoms with van der Waals surface area (Å²) >= 11 is 0. The summed E-state index contributed by atoms with van der Waals surface area (Å²) in [5.41, 5.74) is 0. The molecule has 0 aromatic carbocycles. The Balaban J connectivity index is 1.69. The molecule has 0 spiro atoms. The fraction of sp³-hybridized carbons (Fsp3) is 0.917. The molecule has 3 rings (SSSR count). The van der Waals surface area contributed by atoms with Crippen LogP contribution in [0.15, 0.2) is 0 Å². The standard InChI is InChI=1S/C12H21N3O/c16-12-14-7-2-1-4-11(14)9-15(12)10-5-3-6-13-8-10/h10-11,13H,1-9H2. The Morgan fingerprint density at radius 1 is 1.06 bits per heavy atom. The Morgan fingerprint density at radius 2 is 1.94 bits per heavy atom. The molecular weight excluding hydrogens is 202 g/mol. The van der Waals surface area contributed by atoms with Crippen LogP contribution in [0, 0.1) is 0 Å². The van der Waals surface area contributed by atoms with Gasteiger partial charge in [0, 0.05) is 25.7 Å². The van der Waals surface area contributed by atoms with Gasteiger partial charge in [-0.05, 0) is 38.6 Å². The number of hydrogen-bond acceptors (Lipinski definition) is 2. The van der Waals surface area contributed by atoms with Gasteiger partial charge >= 0.3 is 6.03 Å². The molecule has 3 fully saturated rings. The number of nitrogens with zero attached hydrogens (tertiary/aromatic N) is 2. The fourth-order valence-electron chi connectivity index (χ4n) is 3.32. The van der Waals surface area contributed by atoms with Gasteiger partial charge in [0.1, 0.15) is 0 Å². The lowest BCUT2D eigenvalue weighted by Crippen LogP contribution is -2.47. The van der Waals surface area contributed by atoms with Gasteiger partial charge in [0.15, 0.2) is 0 Å². The number of rotatable bonds is 1. The van der Waals surface area contributed by atoms with Gasteiger partial charge in [-0.1, -0.05) is 0 Å². The number of amides is 2. The molecule has 0 saturated carbocycles. The Labute approximate surface area is 97.0 Å². The first-order valence-electron chi connectivity index (χ1n) is 6.64. The second-order valence-electron chi connectivity index (χ2n) is 5.28. The second-order valence-corrected chi connectivity index (χ2v) is 5.28. The van der Waals surface area contributed by atoms with Crippen molar-refractivity contribution in [2.24, 2.45) is 0 Å². The van der Waals surface area contributed by atoms with Gasteiger partial charge in [0.05, 0.1) is 6.04 Å². The lowest BCUT2D eigenvalue weighted by Gasteiger charge is -2.31. The number of carbonyl (C=O) groups is 1. The summed E-state index contributed by atoms with van der Waals surface area (Å²) < 4.78 is 0. The number of piperidine rings is 2. The van der Waals surface area contributed by atoms with Gasteiger partial charge in [-0.25, -0.2) is 4.79 Å². The van der Waals surface area contributed by atoms with Crippen molar-refractivity contribution in [2.75, 3.05) is 26.2 Å². The largest absolute Gasteiger partial charge is 0.320 e. The first-order valence-corrected chi connectivity index (χ1v) is 6.64. The van der Waals surface area contributed by atoms with E-state index in [-0.39, 0.29) is 0 Å². The van der Waals surface area contributed by atoms with E-state index >= 15 is 0 Å². The van der Waals surface area contributed by atoms with E-state index in [1.54, 1.807) is 0 Å². The molecule has 16 heavy (non-hydrogen) atoms. The molecule has 0 aromatic rings. The smallest absolute Gasteiger partial charge is 0.320 e. The summed E-state index contributed by atoms with van der Waals surface area (Å²) in [4.78, 5) is 16.5.